The maximum atomic E-state index is 12.5. The second kappa shape index (κ2) is 18.1. The third-order valence-electron chi connectivity index (χ3n) is 4.35. The lowest BCUT2D eigenvalue weighted by Crippen LogP contribution is -2.36. The van der Waals surface area contributed by atoms with Crippen LogP contribution in [-0.4, -0.2) is 74.4 Å². The summed E-state index contributed by atoms with van der Waals surface area (Å²) < 4.78 is 95.7. The van der Waals surface area contributed by atoms with Gasteiger partial charge >= 0.3 is 12.1 Å². The Kier molecular flexibility index (Phi) is 19.8. The van der Waals surface area contributed by atoms with E-state index in [1.54, 1.807) is 11.9 Å². The lowest BCUT2D eigenvalue weighted by Gasteiger charge is -2.19. The van der Waals surface area contributed by atoms with Gasteiger partial charge in [0.25, 0.3) is 5.91 Å². The van der Waals surface area contributed by atoms with Crippen LogP contribution in [0.5, 0.6) is 0 Å². The van der Waals surface area contributed by atoms with Crippen LogP contribution in [0.3, 0.4) is 0 Å². The highest BCUT2D eigenvalue weighted by Crippen LogP contribution is 2.38. The van der Waals surface area contributed by atoms with Crippen molar-refractivity contribution in [1.82, 2.24) is 4.90 Å². The molecule has 33 heavy (non-hydrogen) atoms. The number of carbonyl (C=O) groups excluding carboxylic acids is 1. The largest absolute Gasteiger partial charge is 0.615 e. The average Bonchev–Trinajstić information content (AvgIpc) is 2.68. The molecule has 0 spiro atoms. The van der Waals surface area contributed by atoms with E-state index in [0.29, 0.717) is 12.8 Å². The van der Waals surface area contributed by atoms with Crippen LogP contribution in [-0.2, 0) is 25.8 Å². The second-order valence-corrected chi connectivity index (χ2v) is 15.3. The highest BCUT2D eigenvalue weighted by Gasteiger charge is 2.56. The van der Waals surface area contributed by atoms with E-state index in [1.165, 1.54) is 0 Å². The minimum absolute atomic E-state index is 0.0136. The molecule has 0 aliphatic carbocycles. The molecule has 0 saturated heterocycles. The Morgan fingerprint density at radius 2 is 1.61 bits per heavy atom. The Bertz CT molecular complexity index is 638. The molecule has 2 unspecified atom stereocenters. The van der Waals surface area contributed by atoms with Gasteiger partial charge in [-0.2, -0.15) is 22.0 Å². The van der Waals surface area contributed by atoms with E-state index in [4.69, 9.17) is 0 Å². The molecule has 2 atom stereocenters. The van der Waals surface area contributed by atoms with Crippen molar-refractivity contribution >= 4 is 72.1 Å². The van der Waals surface area contributed by atoms with Gasteiger partial charge in [-0.1, -0.05) is 42.4 Å². The number of halogens is 7. The van der Waals surface area contributed by atoms with Crippen LogP contribution in [0.25, 0.3) is 0 Å². The molecule has 0 aromatic carbocycles. The summed E-state index contributed by atoms with van der Waals surface area (Å²) in [5.41, 5.74) is 0. The second-order valence-electron chi connectivity index (χ2n) is 7.44. The van der Waals surface area contributed by atoms with E-state index in [0.717, 1.165) is 30.2 Å². The van der Waals surface area contributed by atoms with Crippen molar-refractivity contribution in [3.05, 3.63) is 0 Å². The first-order valence-electron chi connectivity index (χ1n) is 10.5. The first-order chi connectivity index (χ1) is 15.0. The molecular formula is C19H34F5I2NO4S2. The van der Waals surface area contributed by atoms with Gasteiger partial charge in [-0.25, -0.2) is 8.42 Å². The van der Waals surface area contributed by atoms with Crippen LogP contribution in [0.1, 0.15) is 58.8 Å². The van der Waals surface area contributed by atoms with E-state index in [-0.39, 0.29) is 20.7 Å². The fourth-order valence-corrected chi connectivity index (χ4v) is 5.42. The summed E-state index contributed by atoms with van der Waals surface area (Å²) in [6, 6.07) is 0. The molecule has 0 bridgehead atoms. The van der Waals surface area contributed by atoms with Crippen LogP contribution in [0.2, 0.25) is 0 Å². The highest BCUT2D eigenvalue weighted by atomic mass is 127. The summed E-state index contributed by atoms with van der Waals surface area (Å²) in [6.45, 7) is 4.71. The van der Waals surface area contributed by atoms with Crippen molar-refractivity contribution < 1.29 is 39.7 Å². The predicted molar refractivity (Wildman–Crippen MR) is 141 cm³/mol. The van der Waals surface area contributed by atoms with Crippen molar-refractivity contribution in [2.75, 3.05) is 35.3 Å². The Labute approximate surface area is 224 Å². The van der Waals surface area contributed by atoms with Crippen LogP contribution in [0.15, 0.2) is 0 Å². The summed E-state index contributed by atoms with van der Waals surface area (Å²) in [5.74, 6) is -5.45. The topological polar surface area (TPSA) is 77.5 Å². The molecule has 14 heteroatoms. The molecule has 0 aromatic rings. The zero-order valence-corrected chi connectivity index (χ0v) is 25.1. The monoisotopic (exact) mass is 753 g/mol. The van der Waals surface area contributed by atoms with Gasteiger partial charge in [0, 0.05) is 20.0 Å². The lowest BCUT2D eigenvalue weighted by molar-refractivity contribution is -0.284. The van der Waals surface area contributed by atoms with Crippen molar-refractivity contribution in [2.45, 2.75) is 74.1 Å². The predicted octanol–water partition coefficient (Wildman–Crippen LogP) is 5.76. The molecule has 0 N–H and O–H groups in total. The van der Waals surface area contributed by atoms with Crippen molar-refractivity contribution in [2.24, 2.45) is 0 Å². The Morgan fingerprint density at radius 3 is 2.06 bits per heavy atom. The van der Waals surface area contributed by atoms with Crippen LogP contribution in [0.4, 0.5) is 22.0 Å². The molecule has 5 nitrogen and oxygen atoms in total. The van der Waals surface area contributed by atoms with Crippen LogP contribution < -0.4 is 0 Å². The number of hydrogen-bond donors (Lipinski definition) is 0. The van der Waals surface area contributed by atoms with E-state index in [2.05, 4.69) is 52.1 Å². The van der Waals surface area contributed by atoms with E-state index < -0.39 is 51.7 Å². The lowest BCUT2D eigenvalue weighted by atomic mass is 10.2. The average molecular weight is 753 g/mol. The van der Waals surface area contributed by atoms with Crippen LogP contribution in [0, 0.1) is 0 Å². The van der Waals surface area contributed by atoms with E-state index >= 15 is 0 Å². The van der Waals surface area contributed by atoms with Gasteiger partial charge in [0.1, 0.15) is 9.84 Å². The van der Waals surface area contributed by atoms with Gasteiger partial charge < -0.3 is 9.45 Å². The number of amides is 1. The molecule has 200 valence electrons. The minimum Gasteiger partial charge on any atom is -0.615 e. The standard InChI is InChI=1S/C10H16F5IO2S.C9H18INO2S/c11-9(12,10(13,14)15)5-4-8-19(17,18)7-3-1-2-6-16;1-4-5-6-11(3)9(12)7-14(13)8(2)10/h1-8H2;8H,4-7H2,1-3H3. The van der Waals surface area contributed by atoms with Gasteiger partial charge in [-0.3, -0.25) is 4.79 Å². The highest BCUT2D eigenvalue weighted by molar-refractivity contribution is 14.1. The third-order valence-corrected chi connectivity index (χ3v) is 9.89. The zero-order chi connectivity index (χ0) is 26.3. The maximum absolute atomic E-state index is 12.5. The summed E-state index contributed by atoms with van der Waals surface area (Å²) in [6.07, 6.45) is -3.70. The zero-order valence-electron chi connectivity index (χ0n) is 19.1. The molecule has 0 aromatic heterocycles. The molecular weight excluding hydrogens is 719 g/mol. The Morgan fingerprint density at radius 1 is 1.06 bits per heavy atom. The van der Waals surface area contributed by atoms with Gasteiger partial charge in [0.2, 0.25) is 0 Å². The van der Waals surface area contributed by atoms with Crippen molar-refractivity contribution in [1.29, 1.82) is 0 Å². The Balaban J connectivity index is 0. The first kappa shape index (κ1) is 36.0. The fraction of sp³-hybridized carbons (Fsp3) is 0.947. The van der Waals surface area contributed by atoms with Crippen molar-refractivity contribution in [3.8, 4) is 0 Å². The number of alkyl halides is 7. The van der Waals surface area contributed by atoms with E-state index in [1.807, 2.05) is 6.92 Å². The first-order valence-corrected chi connectivity index (χ1v) is 16.4. The molecule has 0 radical (unpaired) electrons. The fourth-order valence-electron chi connectivity index (χ4n) is 2.22. The van der Waals surface area contributed by atoms with Gasteiger partial charge in [-0.15, -0.1) is 0 Å². The Hall–Kier alpha value is 0.840. The quantitative estimate of drug-likeness (QED) is 0.0702. The number of unbranched alkanes of at least 4 members (excludes halogenated alkanes) is 3. The maximum Gasteiger partial charge on any atom is 0.453 e. The van der Waals surface area contributed by atoms with Gasteiger partial charge in [-0.05, 0) is 70.8 Å². The van der Waals surface area contributed by atoms with Gasteiger partial charge in [0.15, 0.2) is 9.01 Å². The molecule has 0 aliphatic heterocycles. The molecule has 0 rings (SSSR count). The number of sulfone groups is 1. The van der Waals surface area contributed by atoms with E-state index in [9.17, 15) is 39.7 Å². The number of rotatable bonds is 15. The minimum atomic E-state index is -5.61. The van der Waals surface area contributed by atoms with Gasteiger partial charge in [0.05, 0.1) is 11.5 Å². The smallest absolute Gasteiger partial charge is 0.453 e. The SMILES string of the molecule is CCCCN(C)C(=O)C[S+]([O-])C(C)I.O=S(=O)(CCCCCI)CCCC(F)(F)C(F)(F)F. The summed E-state index contributed by atoms with van der Waals surface area (Å²) in [7, 11) is -1.76. The summed E-state index contributed by atoms with van der Waals surface area (Å²) in [5, 5.41) is 0. The number of nitrogens with zero attached hydrogens (tertiary/aromatic N) is 1. The molecule has 0 fully saturated rings. The summed E-state index contributed by atoms with van der Waals surface area (Å²) >= 11 is 3.20. The number of carbonyl (C=O) groups is 1. The summed E-state index contributed by atoms with van der Waals surface area (Å²) in [4.78, 5) is 13.2. The molecule has 0 heterocycles. The molecule has 0 aliphatic rings. The van der Waals surface area contributed by atoms with Crippen molar-refractivity contribution in [3.63, 3.8) is 0 Å². The van der Waals surface area contributed by atoms with Crippen LogP contribution >= 0.6 is 45.2 Å². The molecule has 0 saturated carbocycles. The third kappa shape index (κ3) is 18.7. The normalized spacial score (nSPS) is 14.3. The molecule has 1 amide bonds. The number of hydrogen-bond acceptors (Lipinski definition) is 4.